The molecule has 0 spiro atoms. The van der Waals surface area contributed by atoms with Gasteiger partial charge in [0.2, 0.25) is 5.91 Å². The van der Waals surface area contributed by atoms with Crippen LogP contribution in [-0.4, -0.2) is 39.3 Å². The van der Waals surface area contributed by atoms with Crippen molar-refractivity contribution >= 4 is 34.6 Å². The molecule has 2 heterocycles. The smallest absolute Gasteiger partial charge is 0.324 e. The van der Waals surface area contributed by atoms with Gasteiger partial charge in [-0.05, 0) is 30.2 Å². The Balaban J connectivity index is 1.52. The van der Waals surface area contributed by atoms with Crippen molar-refractivity contribution in [2.45, 2.75) is 18.9 Å². The third-order valence-electron chi connectivity index (χ3n) is 5.07. The number of imidazole rings is 1. The molecule has 1 aromatic heterocycles. The number of carbonyl (C=O) groups excluding carboxylic acids is 3. The molecule has 0 radical (unpaired) electrons. The largest absolute Gasteiger partial charge is 0.325 e. The van der Waals surface area contributed by atoms with Crippen LogP contribution in [0.2, 0.25) is 0 Å². The summed E-state index contributed by atoms with van der Waals surface area (Å²) in [6, 6.07) is 13.2. The summed E-state index contributed by atoms with van der Waals surface area (Å²) in [7, 11) is 0. The van der Waals surface area contributed by atoms with Crippen LogP contribution in [0.4, 0.5) is 10.5 Å². The zero-order valence-electron chi connectivity index (χ0n) is 15.6. The van der Waals surface area contributed by atoms with Gasteiger partial charge in [-0.1, -0.05) is 37.3 Å². The Hall–Kier alpha value is -3.88. The molecule has 0 aliphatic carbocycles. The molecule has 1 atom stereocenters. The number of aromatic nitrogens is 2. The van der Waals surface area contributed by atoms with Gasteiger partial charge < -0.3 is 20.6 Å². The molecule has 1 saturated heterocycles. The van der Waals surface area contributed by atoms with E-state index in [2.05, 4.69) is 20.6 Å². The fourth-order valence-corrected chi connectivity index (χ4v) is 3.59. The van der Waals surface area contributed by atoms with E-state index >= 15 is 0 Å². The lowest BCUT2D eigenvalue weighted by Crippen LogP contribution is -2.44. The number of aromatic amines is 2. The summed E-state index contributed by atoms with van der Waals surface area (Å²) in [6.45, 7) is 1.39. The molecule has 4 N–H and O–H groups in total. The van der Waals surface area contributed by atoms with Crippen LogP contribution in [0.25, 0.3) is 11.0 Å². The van der Waals surface area contributed by atoms with Gasteiger partial charge in [-0.15, -0.1) is 0 Å². The van der Waals surface area contributed by atoms with E-state index in [1.54, 1.807) is 42.5 Å². The number of fused-ring (bicyclic) bond motifs is 1. The molecule has 148 valence electrons. The molecule has 1 aliphatic rings. The average molecular weight is 393 g/mol. The maximum atomic E-state index is 13.1. The molecule has 1 fully saturated rings. The number of nitrogens with zero attached hydrogens (tertiary/aromatic N) is 1. The molecule has 4 rings (SSSR count). The fourth-order valence-electron chi connectivity index (χ4n) is 3.59. The van der Waals surface area contributed by atoms with Crippen molar-refractivity contribution < 1.29 is 14.4 Å². The number of nitrogens with one attached hydrogen (secondary N) is 4. The summed E-state index contributed by atoms with van der Waals surface area (Å²) in [5.74, 6) is -0.984. The lowest BCUT2D eigenvalue weighted by molar-refractivity contribution is -0.134. The number of anilines is 1. The van der Waals surface area contributed by atoms with Gasteiger partial charge in [-0.3, -0.25) is 14.5 Å². The van der Waals surface area contributed by atoms with Crippen molar-refractivity contribution in [3.8, 4) is 0 Å². The van der Waals surface area contributed by atoms with Gasteiger partial charge in [-0.2, -0.15) is 0 Å². The Bertz CT molecular complexity index is 1170. The van der Waals surface area contributed by atoms with Crippen molar-refractivity contribution in [3.63, 3.8) is 0 Å². The Morgan fingerprint density at radius 2 is 1.76 bits per heavy atom. The maximum absolute atomic E-state index is 13.1. The van der Waals surface area contributed by atoms with Gasteiger partial charge in [0.1, 0.15) is 12.1 Å². The number of hydrogen-bond donors (Lipinski definition) is 4. The minimum Gasteiger partial charge on any atom is -0.324 e. The van der Waals surface area contributed by atoms with Gasteiger partial charge >= 0.3 is 11.7 Å². The molecular formula is C20H19N5O4. The van der Waals surface area contributed by atoms with E-state index in [1.165, 1.54) is 0 Å². The van der Waals surface area contributed by atoms with Crippen molar-refractivity contribution in [1.29, 1.82) is 0 Å². The van der Waals surface area contributed by atoms with E-state index in [1.807, 2.05) is 13.0 Å². The third kappa shape index (κ3) is 3.16. The van der Waals surface area contributed by atoms with Gasteiger partial charge in [0.15, 0.2) is 0 Å². The normalized spacial score (nSPS) is 18.9. The minimum atomic E-state index is -1.18. The molecule has 2 aromatic carbocycles. The molecule has 1 aliphatic heterocycles. The van der Waals surface area contributed by atoms with E-state index in [0.717, 1.165) is 4.90 Å². The number of H-pyrrole nitrogens is 2. The highest BCUT2D eigenvalue weighted by Gasteiger charge is 2.51. The molecule has 0 saturated carbocycles. The summed E-state index contributed by atoms with van der Waals surface area (Å²) in [6.07, 6.45) is 0.358. The number of benzene rings is 2. The van der Waals surface area contributed by atoms with Gasteiger partial charge in [-0.25, -0.2) is 9.59 Å². The number of amides is 4. The summed E-state index contributed by atoms with van der Waals surface area (Å²) in [5, 5.41) is 5.39. The first kappa shape index (κ1) is 18.5. The molecule has 9 heteroatoms. The van der Waals surface area contributed by atoms with E-state index in [4.69, 9.17) is 0 Å². The molecule has 29 heavy (non-hydrogen) atoms. The second-order valence-corrected chi connectivity index (χ2v) is 6.83. The number of imide groups is 1. The predicted octanol–water partition coefficient (Wildman–Crippen LogP) is 1.65. The number of urea groups is 1. The van der Waals surface area contributed by atoms with Crippen LogP contribution in [0, 0.1) is 0 Å². The van der Waals surface area contributed by atoms with Crippen molar-refractivity contribution in [1.82, 2.24) is 20.2 Å². The predicted molar refractivity (Wildman–Crippen MR) is 106 cm³/mol. The lowest BCUT2D eigenvalue weighted by atomic mass is 9.87. The van der Waals surface area contributed by atoms with Crippen molar-refractivity contribution in [2.75, 3.05) is 11.9 Å². The molecule has 1 unspecified atom stereocenters. The monoisotopic (exact) mass is 393 g/mol. The average Bonchev–Trinajstić information content (AvgIpc) is 3.20. The van der Waals surface area contributed by atoms with Gasteiger partial charge in [0, 0.05) is 5.69 Å². The van der Waals surface area contributed by atoms with Crippen LogP contribution in [-0.2, 0) is 15.1 Å². The summed E-state index contributed by atoms with van der Waals surface area (Å²) in [4.78, 5) is 55.5. The van der Waals surface area contributed by atoms with E-state index < -0.39 is 29.9 Å². The fraction of sp³-hybridized carbons (Fsp3) is 0.200. The highest BCUT2D eigenvalue weighted by atomic mass is 16.2. The van der Waals surface area contributed by atoms with Crippen LogP contribution in [0.3, 0.4) is 0 Å². The van der Waals surface area contributed by atoms with E-state index in [-0.39, 0.29) is 5.69 Å². The first-order chi connectivity index (χ1) is 13.9. The van der Waals surface area contributed by atoms with Crippen LogP contribution < -0.4 is 16.3 Å². The summed E-state index contributed by atoms with van der Waals surface area (Å²) < 4.78 is 0. The third-order valence-corrected chi connectivity index (χ3v) is 5.07. The van der Waals surface area contributed by atoms with Crippen LogP contribution >= 0.6 is 0 Å². The molecular weight excluding hydrogens is 374 g/mol. The van der Waals surface area contributed by atoms with Gasteiger partial charge in [0.25, 0.3) is 5.91 Å². The van der Waals surface area contributed by atoms with Gasteiger partial charge in [0.05, 0.1) is 11.0 Å². The Morgan fingerprint density at radius 1 is 1.03 bits per heavy atom. The minimum absolute atomic E-state index is 0.348. The summed E-state index contributed by atoms with van der Waals surface area (Å²) >= 11 is 0. The second-order valence-electron chi connectivity index (χ2n) is 6.83. The number of hydrogen-bond acceptors (Lipinski definition) is 4. The molecule has 0 bridgehead atoms. The standard InChI is InChI=1S/C20H19N5O4/c1-2-20(12-6-4-3-5-7-12)17(27)25(19(29)24-20)11-16(26)21-13-8-9-14-15(10-13)23-18(28)22-14/h3-10H,2,11H2,1H3,(H,21,26)(H,24,29)(H2,22,23,28). The Labute approximate surface area is 165 Å². The number of rotatable bonds is 5. The zero-order valence-corrected chi connectivity index (χ0v) is 15.6. The first-order valence-electron chi connectivity index (χ1n) is 9.14. The lowest BCUT2D eigenvalue weighted by Gasteiger charge is -2.25. The number of carbonyl (C=O) groups is 3. The highest BCUT2D eigenvalue weighted by molar-refractivity contribution is 6.10. The molecule has 3 aromatic rings. The van der Waals surface area contributed by atoms with Crippen LogP contribution in [0.1, 0.15) is 18.9 Å². The first-order valence-corrected chi connectivity index (χ1v) is 9.14. The Morgan fingerprint density at radius 3 is 2.48 bits per heavy atom. The van der Waals surface area contributed by atoms with Crippen molar-refractivity contribution in [3.05, 3.63) is 64.6 Å². The summed E-state index contributed by atoms with van der Waals surface area (Å²) in [5.41, 5.74) is 0.733. The van der Waals surface area contributed by atoms with Crippen LogP contribution in [0.5, 0.6) is 0 Å². The maximum Gasteiger partial charge on any atom is 0.325 e. The SMILES string of the molecule is CCC1(c2ccccc2)NC(=O)N(CC(=O)Nc2ccc3[nH]c(=O)[nH]c3c2)C1=O. The Kier molecular flexibility index (Phi) is 4.42. The second kappa shape index (κ2) is 6.93. The highest BCUT2D eigenvalue weighted by Crippen LogP contribution is 2.32. The molecule has 4 amide bonds. The quantitative estimate of drug-likeness (QED) is 0.492. The molecule has 9 nitrogen and oxygen atoms in total. The zero-order chi connectivity index (χ0) is 20.6. The van der Waals surface area contributed by atoms with Crippen molar-refractivity contribution in [2.24, 2.45) is 0 Å². The van der Waals surface area contributed by atoms with E-state index in [0.29, 0.717) is 28.7 Å². The van der Waals surface area contributed by atoms with E-state index in [9.17, 15) is 19.2 Å². The topological polar surface area (TPSA) is 127 Å². The van der Waals surface area contributed by atoms with Crippen LogP contribution in [0.15, 0.2) is 53.3 Å².